The maximum absolute atomic E-state index is 5.65. The van der Waals surface area contributed by atoms with Crippen LogP contribution in [-0.2, 0) is 4.74 Å². The molecule has 0 saturated carbocycles. The van der Waals surface area contributed by atoms with Crippen molar-refractivity contribution in [2.45, 2.75) is 30.4 Å². The number of halogens is 1. The van der Waals surface area contributed by atoms with Crippen molar-refractivity contribution in [3.05, 3.63) is 17.3 Å². The average Bonchev–Trinajstić information content (AvgIpc) is 2.30. The quantitative estimate of drug-likeness (QED) is 0.766. The van der Waals surface area contributed by atoms with Gasteiger partial charge >= 0.3 is 0 Å². The topological polar surface area (TPSA) is 35.0 Å². The van der Waals surface area contributed by atoms with Crippen molar-refractivity contribution in [3.8, 4) is 0 Å². The molecule has 0 amide bonds. The molecule has 1 aromatic heterocycles. The first-order valence-electron chi connectivity index (χ1n) is 5.08. The Morgan fingerprint density at radius 2 is 2.33 bits per heavy atom. The minimum absolute atomic E-state index is 0.376. The number of hydrogen-bond donors (Lipinski definition) is 0. The smallest absolute Gasteiger partial charge is 0.151 e. The van der Waals surface area contributed by atoms with Gasteiger partial charge in [-0.05, 0) is 31.4 Å². The van der Waals surface area contributed by atoms with Crippen LogP contribution in [0.3, 0.4) is 0 Å². The molecule has 0 bridgehead atoms. The van der Waals surface area contributed by atoms with Gasteiger partial charge in [0, 0.05) is 12.4 Å². The average molecular weight is 245 g/mol. The summed E-state index contributed by atoms with van der Waals surface area (Å²) < 4.78 is 5.63. The lowest BCUT2D eigenvalue weighted by atomic mass is 10.1. The van der Waals surface area contributed by atoms with E-state index in [0.29, 0.717) is 11.3 Å². The first kappa shape index (κ1) is 11.2. The molecule has 0 aromatic carbocycles. The van der Waals surface area contributed by atoms with Gasteiger partial charge in [-0.2, -0.15) is 0 Å². The highest BCUT2D eigenvalue weighted by Crippen LogP contribution is 2.22. The van der Waals surface area contributed by atoms with E-state index in [-0.39, 0.29) is 0 Å². The van der Waals surface area contributed by atoms with Gasteiger partial charge in [0.05, 0.1) is 6.10 Å². The Hall–Kier alpha value is -0.320. The summed E-state index contributed by atoms with van der Waals surface area (Å²) in [5, 5.41) is 9.13. The van der Waals surface area contributed by atoms with Crippen molar-refractivity contribution in [1.82, 2.24) is 10.2 Å². The molecular weight excluding hydrogens is 232 g/mol. The lowest BCUT2D eigenvalue weighted by Gasteiger charge is -2.21. The minimum atomic E-state index is 0.376. The van der Waals surface area contributed by atoms with E-state index in [1.165, 1.54) is 12.8 Å². The van der Waals surface area contributed by atoms with Gasteiger partial charge in [0.15, 0.2) is 5.15 Å². The lowest BCUT2D eigenvalue weighted by molar-refractivity contribution is 0.0315. The molecule has 3 nitrogen and oxygen atoms in total. The van der Waals surface area contributed by atoms with Crippen LogP contribution in [0.15, 0.2) is 17.2 Å². The Balaban J connectivity index is 1.79. The van der Waals surface area contributed by atoms with Crippen molar-refractivity contribution >= 4 is 23.4 Å². The summed E-state index contributed by atoms with van der Waals surface area (Å²) >= 11 is 7.33. The second kappa shape index (κ2) is 5.68. The van der Waals surface area contributed by atoms with Crippen LogP contribution in [0, 0.1) is 0 Å². The van der Waals surface area contributed by atoms with Gasteiger partial charge in [-0.15, -0.1) is 22.0 Å². The second-order valence-corrected chi connectivity index (χ2v) is 4.92. The molecule has 1 saturated heterocycles. The zero-order chi connectivity index (χ0) is 10.5. The van der Waals surface area contributed by atoms with Crippen molar-refractivity contribution < 1.29 is 4.74 Å². The zero-order valence-corrected chi connectivity index (χ0v) is 9.93. The van der Waals surface area contributed by atoms with E-state index < -0.39 is 0 Å². The number of nitrogens with zero attached hydrogens (tertiary/aromatic N) is 2. The Morgan fingerprint density at radius 1 is 1.40 bits per heavy atom. The van der Waals surface area contributed by atoms with Crippen LogP contribution in [-0.4, -0.2) is 28.7 Å². The summed E-state index contributed by atoms with van der Waals surface area (Å²) in [6.45, 7) is 0.900. The molecule has 82 valence electrons. The number of rotatable bonds is 3. The van der Waals surface area contributed by atoms with Crippen molar-refractivity contribution in [2.24, 2.45) is 0 Å². The zero-order valence-electron chi connectivity index (χ0n) is 8.36. The molecule has 1 fully saturated rings. The van der Waals surface area contributed by atoms with Gasteiger partial charge < -0.3 is 4.74 Å². The van der Waals surface area contributed by atoms with Gasteiger partial charge in [-0.3, -0.25) is 0 Å². The summed E-state index contributed by atoms with van der Waals surface area (Å²) in [4.78, 5) is 0. The fourth-order valence-corrected chi connectivity index (χ4v) is 2.48. The molecule has 5 heteroatoms. The predicted molar refractivity (Wildman–Crippen MR) is 61.4 cm³/mol. The summed E-state index contributed by atoms with van der Waals surface area (Å²) in [6, 6.07) is 3.65. The van der Waals surface area contributed by atoms with Gasteiger partial charge in [0.2, 0.25) is 0 Å². The van der Waals surface area contributed by atoms with Crippen molar-refractivity contribution in [2.75, 3.05) is 12.4 Å². The molecule has 1 aliphatic rings. The number of ether oxygens (including phenoxy) is 1. The van der Waals surface area contributed by atoms with Gasteiger partial charge in [-0.25, -0.2) is 0 Å². The van der Waals surface area contributed by atoms with E-state index in [2.05, 4.69) is 10.2 Å². The third-order valence-corrected chi connectivity index (χ3v) is 3.55. The van der Waals surface area contributed by atoms with E-state index in [1.807, 2.05) is 6.07 Å². The Bertz CT molecular complexity index is 301. The predicted octanol–water partition coefficient (Wildman–Crippen LogP) is 2.79. The first-order chi connectivity index (χ1) is 7.34. The third kappa shape index (κ3) is 3.63. The molecule has 0 spiro atoms. The summed E-state index contributed by atoms with van der Waals surface area (Å²) in [5.41, 5.74) is 0. The summed E-state index contributed by atoms with van der Waals surface area (Å²) in [6.07, 6.45) is 4.01. The fourth-order valence-electron chi connectivity index (χ4n) is 1.50. The molecule has 1 atom stereocenters. The highest BCUT2D eigenvalue weighted by atomic mass is 35.5. The molecule has 1 aromatic rings. The van der Waals surface area contributed by atoms with Crippen LogP contribution in [0.25, 0.3) is 0 Å². The molecule has 2 rings (SSSR count). The van der Waals surface area contributed by atoms with E-state index in [9.17, 15) is 0 Å². The van der Waals surface area contributed by atoms with Gasteiger partial charge in [0.1, 0.15) is 5.03 Å². The van der Waals surface area contributed by atoms with Gasteiger partial charge in [0.25, 0.3) is 0 Å². The summed E-state index contributed by atoms with van der Waals surface area (Å²) in [7, 11) is 0. The highest BCUT2D eigenvalue weighted by molar-refractivity contribution is 7.99. The summed E-state index contributed by atoms with van der Waals surface area (Å²) in [5.74, 6) is 0.955. The van der Waals surface area contributed by atoms with Crippen LogP contribution in [0.4, 0.5) is 0 Å². The molecule has 2 heterocycles. The molecule has 1 unspecified atom stereocenters. The number of hydrogen-bond acceptors (Lipinski definition) is 4. The maximum Gasteiger partial charge on any atom is 0.151 e. The molecule has 15 heavy (non-hydrogen) atoms. The Kier molecular flexibility index (Phi) is 4.23. The van der Waals surface area contributed by atoms with Crippen molar-refractivity contribution in [1.29, 1.82) is 0 Å². The SMILES string of the molecule is Clc1ccc(SCC2CCCCO2)nn1. The lowest BCUT2D eigenvalue weighted by Crippen LogP contribution is -2.21. The first-order valence-corrected chi connectivity index (χ1v) is 6.44. The highest BCUT2D eigenvalue weighted by Gasteiger charge is 2.14. The van der Waals surface area contributed by atoms with Crippen LogP contribution in [0.5, 0.6) is 0 Å². The molecule has 1 aliphatic heterocycles. The number of aromatic nitrogens is 2. The Morgan fingerprint density at radius 3 is 3.00 bits per heavy atom. The number of thioether (sulfide) groups is 1. The third-order valence-electron chi connectivity index (χ3n) is 2.30. The van der Waals surface area contributed by atoms with E-state index >= 15 is 0 Å². The molecular formula is C10H13ClN2OS. The normalized spacial score (nSPS) is 21.5. The van der Waals surface area contributed by atoms with E-state index in [0.717, 1.165) is 23.8 Å². The maximum atomic E-state index is 5.65. The largest absolute Gasteiger partial charge is 0.377 e. The van der Waals surface area contributed by atoms with Crippen LogP contribution in [0.2, 0.25) is 5.15 Å². The Labute approximate surface area is 98.6 Å². The minimum Gasteiger partial charge on any atom is -0.377 e. The standard InChI is InChI=1S/C10H13ClN2OS/c11-9-4-5-10(13-12-9)15-7-8-3-1-2-6-14-8/h4-5,8H,1-3,6-7H2. The molecule has 0 N–H and O–H groups in total. The molecule has 0 radical (unpaired) electrons. The van der Waals surface area contributed by atoms with E-state index in [4.69, 9.17) is 16.3 Å². The van der Waals surface area contributed by atoms with Crippen molar-refractivity contribution in [3.63, 3.8) is 0 Å². The van der Waals surface area contributed by atoms with Crippen LogP contribution < -0.4 is 0 Å². The monoisotopic (exact) mass is 244 g/mol. The fraction of sp³-hybridized carbons (Fsp3) is 0.600. The van der Waals surface area contributed by atoms with Gasteiger partial charge in [-0.1, -0.05) is 11.6 Å². The van der Waals surface area contributed by atoms with E-state index in [1.54, 1.807) is 17.8 Å². The molecule has 0 aliphatic carbocycles. The van der Waals surface area contributed by atoms with Crippen LogP contribution >= 0.6 is 23.4 Å². The van der Waals surface area contributed by atoms with Crippen LogP contribution in [0.1, 0.15) is 19.3 Å². The second-order valence-electron chi connectivity index (χ2n) is 3.49.